The number of aromatic nitrogens is 4. The Morgan fingerprint density at radius 1 is 1.30 bits per heavy atom. The first-order valence-corrected chi connectivity index (χ1v) is 7.71. The molecule has 124 valence electrons. The van der Waals surface area contributed by atoms with E-state index in [2.05, 4.69) is 15.0 Å². The zero-order chi connectivity index (χ0) is 16.4. The summed E-state index contributed by atoms with van der Waals surface area (Å²) in [6, 6.07) is 0. The maximum atomic E-state index is 9.69. The Bertz CT molecular complexity index is 766. The molecule has 0 saturated carbocycles. The fourth-order valence-corrected chi connectivity index (χ4v) is 3.62. The highest BCUT2D eigenvalue weighted by Crippen LogP contribution is 2.50. The Morgan fingerprint density at radius 3 is 2.83 bits per heavy atom. The molecule has 23 heavy (non-hydrogen) atoms. The zero-order valence-corrected chi connectivity index (χ0v) is 13.7. The molecule has 0 amide bonds. The van der Waals surface area contributed by atoms with Crippen LogP contribution in [0.2, 0.25) is 5.15 Å². The van der Waals surface area contributed by atoms with E-state index < -0.39 is 29.8 Å². The van der Waals surface area contributed by atoms with Crippen LogP contribution in [0.15, 0.2) is 12.7 Å². The van der Waals surface area contributed by atoms with Crippen LogP contribution in [0, 0.1) is 0 Å². The molecule has 4 atom stereocenters. The Hall–Kier alpha value is -1.32. The number of ether oxygens (including phenoxy) is 3. The van der Waals surface area contributed by atoms with Crippen molar-refractivity contribution in [3.05, 3.63) is 17.8 Å². The third-order valence-electron chi connectivity index (χ3n) is 4.40. The highest BCUT2D eigenvalue weighted by Gasteiger charge is 2.64. The first kappa shape index (κ1) is 15.2. The van der Waals surface area contributed by atoms with Gasteiger partial charge in [0.2, 0.25) is 0 Å². The quantitative estimate of drug-likeness (QED) is 0.823. The van der Waals surface area contributed by atoms with E-state index in [-0.39, 0.29) is 11.8 Å². The minimum absolute atomic E-state index is 0.175. The molecule has 2 aromatic rings. The Balaban J connectivity index is 1.81. The standard InChI is InChI=1S/C14H17ClN4O4/c1-13(2)22-9-12(21-7(4-20)14(9,3)23-13)19-6-18-8-10(15)16-5-17-11(8)19/h5-7,9,12,20H,4H2,1-3H3/t7-,9+,12-,14-/m1/s1. The number of imidazole rings is 1. The predicted octanol–water partition coefficient (Wildman–Crippen LogP) is 1.28. The molecule has 2 aliphatic heterocycles. The van der Waals surface area contributed by atoms with Crippen LogP contribution in [0.4, 0.5) is 0 Å². The summed E-state index contributed by atoms with van der Waals surface area (Å²) in [6.45, 7) is 5.39. The molecule has 0 bridgehead atoms. The molecule has 0 spiro atoms. The lowest BCUT2D eigenvalue weighted by atomic mass is 9.95. The third-order valence-corrected chi connectivity index (χ3v) is 4.67. The van der Waals surface area contributed by atoms with Crippen molar-refractivity contribution in [2.45, 2.75) is 50.6 Å². The maximum Gasteiger partial charge on any atom is 0.167 e. The van der Waals surface area contributed by atoms with E-state index in [1.165, 1.54) is 6.33 Å². The van der Waals surface area contributed by atoms with Crippen LogP contribution in [0.5, 0.6) is 0 Å². The second-order valence-electron chi connectivity index (χ2n) is 6.41. The van der Waals surface area contributed by atoms with E-state index in [1.807, 2.05) is 20.8 Å². The molecule has 0 unspecified atom stereocenters. The van der Waals surface area contributed by atoms with Gasteiger partial charge < -0.3 is 19.3 Å². The molecule has 0 radical (unpaired) electrons. The first-order chi connectivity index (χ1) is 10.9. The third kappa shape index (κ3) is 2.10. The Morgan fingerprint density at radius 2 is 2.09 bits per heavy atom. The van der Waals surface area contributed by atoms with E-state index in [4.69, 9.17) is 25.8 Å². The second kappa shape index (κ2) is 4.84. The average Bonchev–Trinajstić information content (AvgIpc) is 3.07. The van der Waals surface area contributed by atoms with E-state index in [0.29, 0.717) is 11.2 Å². The smallest absolute Gasteiger partial charge is 0.167 e. The Labute approximate surface area is 137 Å². The summed E-state index contributed by atoms with van der Waals surface area (Å²) >= 11 is 6.05. The summed E-state index contributed by atoms with van der Waals surface area (Å²) in [4.78, 5) is 12.4. The molecule has 0 aromatic carbocycles. The second-order valence-corrected chi connectivity index (χ2v) is 6.77. The molecule has 0 aliphatic carbocycles. The molecule has 1 N–H and O–H groups in total. The number of nitrogens with zero attached hydrogens (tertiary/aromatic N) is 4. The number of aliphatic hydroxyl groups is 1. The predicted molar refractivity (Wildman–Crippen MR) is 79.8 cm³/mol. The molecular formula is C14H17ClN4O4. The summed E-state index contributed by atoms with van der Waals surface area (Å²) < 4.78 is 19.8. The van der Waals surface area contributed by atoms with E-state index >= 15 is 0 Å². The van der Waals surface area contributed by atoms with Crippen LogP contribution in [0.1, 0.15) is 27.0 Å². The van der Waals surface area contributed by atoms with Gasteiger partial charge in [0.1, 0.15) is 29.7 Å². The van der Waals surface area contributed by atoms with Gasteiger partial charge in [0, 0.05) is 0 Å². The van der Waals surface area contributed by atoms with Crippen molar-refractivity contribution in [3.8, 4) is 0 Å². The van der Waals surface area contributed by atoms with Crippen molar-refractivity contribution in [2.75, 3.05) is 6.61 Å². The lowest BCUT2D eigenvalue weighted by Crippen LogP contribution is -2.45. The van der Waals surface area contributed by atoms with Gasteiger partial charge in [-0.25, -0.2) is 15.0 Å². The van der Waals surface area contributed by atoms with Crippen LogP contribution in [0.3, 0.4) is 0 Å². The number of hydrogen-bond acceptors (Lipinski definition) is 7. The topological polar surface area (TPSA) is 91.5 Å². The van der Waals surface area contributed by atoms with Crippen molar-refractivity contribution in [1.82, 2.24) is 19.5 Å². The highest BCUT2D eigenvalue weighted by molar-refractivity contribution is 6.33. The minimum atomic E-state index is -0.768. The first-order valence-electron chi connectivity index (χ1n) is 7.33. The molecule has 2 fully saturated rings. The van der Waals surface area contributed by atoms with Gasteiger partial charge in [0.05, 0.1) is 12.9 Å². The van der Waals surface area contributed by atoms with Crippen molar-refractivity contribution in [1.29, 1.82) is 0 Å². The summed E-state index contributed by atoms with van der Waals surface area (Å²) in [5, 5.41) is 9.96. The number of halogens is 1. The monoisotopic (exact) mass is 340 g/mol. The molecule has 2 aromatic heterocycles. The van der Waals surface area contributed by atoms with E-state index in [9.17, 15) is 5.11 Å². The molecule has 8 nitrogen and oxygen atoms in total. The maximum absolute atomic E-state index is 9.69. The number of fused-ring (bicyclic) bond motifs is 2. The van der Waals surface area contributed by atoms with Crippen LogP contribution in [-0.4, -0.2) is 54.8 Å². The molecular weight excluding hydrogens is 324 g/mol. The van der Waals surface area contributed by atoms with Crippen molar-refractivity contribution in [2.24, 2.45) is 0 Å². The van der Waals surface area contributed by atoms with Gasteiger partial charge in [-0.05, 0) is 20.8 Å². The van der Waals surface area contributed by atoms with Crippen molar-refractivity contribution >= 4 is 22.8 Å². The van der Waals surface area contributed by atoms with Gasteiger partial charge in [0.15, 0.2) is 22.8 Å². The van der Waals surface area contributed by atoms with Gasteiger partial charge in [-0.15, -0.1) is 0 Å². The number of rotatable bonds is 2. The van der Waals surface area contributed by atoms with Gasteiger partial charge in [-0.3, -0.25) is 4.57 Å². The molecule has 4 heterocycles. The zero-order valence-electron chi connectivity index (χ0n) is 12.9. The average molecular weight is 341 g/mol. The molecule has 2 aliphatic rings. The van der Waals surface area contributed by atoms with Crippen LogP contribution >= 0.6 is 11.6 Å². The molecule has 4 rings (SSSR count). The normalized spacial score (nSPS) is 35.8. The number of aliphatic hydroxyl groups excluding tert-OH is 1. The van der Waals surface area contributed by atoms with Crippen LogP contribution in [0.25, 0.3) is 11.2 Å². The largest absolute Gasteiger partial charge is 0.394 e. The van der Waals surface area contributed by atoms with E-state index in [0.717, 1.165) is 0 Å². The molecule has 9 heteroatoms. The number of hydrogen-bond donors (Lipinski definition) is 1. The Kier molecular flexibility index (Phi) is 3.20. The fourth-order valence-electron chi connectivity index (χ4n) is 3.44. The van der Waals surface area contributed by atoms with Gasteiger partial charge in [-0.1, -0.05) is 11.6 Å². The highest BCUT2D eigenvalue weighted by atomic mass is 35.5. The summed E-state index contributed by atoms with van der Waals surface area (Å²) in [5.41, 5.74) is 0.269. The lowest BCUT2D eigenvalue weighted by Gasteiger charge is -2.28. The summed E-state index contributed by atoms with van der Waals surface area (Å²) in [6.07, 6.45) is 1.49. The fraction of sp³-hybridized carbons (Fsp3) is 0.643. The lowest BCUT2D eigenvalue weighted by molar-refractivity contribution is -0.214. The minimum Gasteiger partial charge on any atom is -0.394 e. The van der Waals surface area contributed by atoms with Gasteiger partial charge in [-0.2, -0.15) is 0 Å². The molecule has 2 saturated heterocycles. The summed E-state index contributed by atoms with van der Waals surface area (Å²) in [5.74, 6) is -0.766. The SMILES string of the molecule is CC1(C)O[C@H]2[C@H](n3cnc4c(Cl)ncnc43)O[C@H](CO)[C@@]2(C)O1. The van der Waals surface area contributed by atoms with Gasteiger partial charge in [0.25, 0.3) is 0 Å². The van der Waals surface area contributed by atoms with Crippen LogP contribution in [-0.2, 0) is 14.2 Å². The summed E-state index contributed by atoms with van der Waals surface area (Å²) in [7, 11) is 0. The van der Waals surface area contributed by atoms with Crippen LogP contribution < -0.4 is 0 Å². The van der Waals surface area contributed by atoms with Gasteiger partial charge >= 0.3 is 0 Å². The van der Waals surface area contributed by atoms with E-state index in [1.54, 1.807) is 10.9 Å². The van der Waals surface area contributed by atoms with Crippen molar-refractivity contribution in [3.63, 3.8) is 0 Å². The van der Waals surface area contributed by atoms with Crippen molar-refractivity contribution < 1.29 is 19.3 Å².